The summed E-state index contributed by atoms with van der Waals surface area (Å²) in [7, 11) is 3.34. The number of benzene rings is 1. The number of urea groups is 1. The van der Waals surface area contributed by atoms with Gasteiger partial charge in [-0.1, -0.05) is 6.92 Å². The van der Waals surface area contributed by atoms with Crippen LogP contribution in [-0.2, 0) is 7.05 Å². The Labute approximate surface area is 191 Å². The van der Waals surface area contributed by atoms with Crippen molar-refractivity contribution in [2.75, 3.05) is 17.7 Å². The Morgan fingerprint density at radius 2 is 1.88 bits per heavy atom. The fourth-order valence-corrected chi connectivity index (χ4v) is 4.37. The molecule has 2 aromatic heterocycles. The monoisotopic (exact) mass is 452 g/mol. The maximum Gasteiger partial charge on any atom is 0.319 e. The lowest BCUT2D eigenvalue weighted by molar-refractivity contribution is 0.239. The number of fused-ring (bicyclic) bond motifs is 1. The van der Waals surface area contributed by atoms with E-state index in [4.69, 9.17) is 0 Å². The number of hydrogen-bond donors (Lipinski definition) is 3. The normalized spacial score (nSPS) is 18.2. The van der Waals surface area contributed by atoms with E-state index in [0.717, 1.165) is 25.7 Å². The molecule has 0 unspecified atom stereocenters. The molecular weight excluding hydrogens is 423 g/mol. The molecule has 0 spiro atoms. The molecule has 0 bridgehead atoms. The summed E-state index contributed by atoms with van der Waals surface area (Å²) in [6, 6.07) is 4.19. The standard InChI is InChI=1S/C24H29FN6O2/c1-13-5-7-16(8-6-13)28-24(33)29-20-11-17(14(2)9-19(20)25)18-10-15-12-27-23(26-3)30-21(15)31(4)22(18)32/h9-13,16H,5-8H2,1-4H3,(H,26,27,30)(H2,28,29,33). The van der Waals surface area contributed by atoms with Gasteiger partial charge in [0, 0.05) is 37.3 Å². The molecule has 1 aromatic carbocycles. The van der Waals surface area contributed by atoms with Gasteiger partial charge in [0.2, 0.25) is 5.95 Å². The van der Waals surface area contributed by atoms with Crippen molar-refractivity contribution in [3.8, 4) is 11.1 Å². The summed E-state index contributed by atoms with van der Waals surface area (Å²) < 4.78 is 16.1. The molecule has 8 nitrogen and oxygen atoms in total. The average molecular weight is 453 g/mol. The first-order valence-corrected chi connectivity index (χ1v) is 11.2. The topological polar surface area (TPSA) is 101 Å². The number of halogens is 1. The van der Waals surface area contributed by atoms with Crippen LogP contribution in [0.2, 0.25) is 0 Å². The second kappa shape index (κ2) is 9.17. The van der Waals surface area contributed by atoms with Crippen molar-refractivity contribution in [3.63, 3.8) is 0 Å². The van der Waals surface area contributed by atoms with Gasteiger partial charge in [-0.05, 0) is 67.9 Å². The zero-order valence-electron chi connectivity index (χ0n) is 19.3. The molecule has 2 amide bonds. The number of carbonyl (C=O) groups is 1. The summed E-state index contributed by atoms with van der Waals surface area (Å²) >= 11 is 0. The molecule has 1 fully saturated rings. The second-order valence-corrected chi connectivity index (χ2v) is 8.85. The SMILES string of the molecule is CNc1ncc2cc(-c3cc(NC(=O)NC4CCC(C)CC4)c(F)cc3C)c(=O)n(C)c2n1. The summed E-state index contributed by atoms with van der Waals surface area (Å²) in [5.41, 5.74) is 1.75. The summed E-state index contributed by atoms with van der Waals surface area (Å²) in [6.07, 6.45) is 5.60. The first kappa shape index (κ1) is 22.7. The number of aryl methyl sites for hydroxylation is 2. The van der Waals surface area contributed by atoms with Crippen LogP contribution in [-0.4, -0.2) is 33.7 Å². The van der Waals surface area contributed by atoms with Crippen LogP contribution in [0.5, 0.6) is 0 Å². The van der Waals surface area contributed by atoms with Crippen molar-refractivity contribution >= 4 is 28.7 Å². The summed E-state index contributed by atoms with van der Waals surface area (Å²) in [6.45, 7) is 3.94. The summed E-state index contributed by atoms with van der Waals surface area (Å²) in [4.78, 5) is 34.2. The molecule has 0 atom stereocenters. The third-order valence-electron chi connectivity index (χ3n) is 6.38. The molecule has 1 aliphatic carbocycles. The van der Waals surface area contributed by atoms with E-state index in [1.807, 2.05) is 0 Å². The number of carbonyl (C=O) groups excluding carboxylic acids is 1. The molecule has 0 radical (unpaired) electrons. The van der Waals surface area contributed by atoms with Crippen LogP contribution in [0.4, 0.5) is 20.8 Å². The first-order chi connectivity index (χ1) is 15.8. The van der Waals surface area contributed by atoms with Crippen molar-refractivity contribution in [1.82, 2.24) is 19.9 Å². The van der Waals surface area contributed by atoms with Crippen LogP contribution in [0.15, 0.2) is 29.2 Å². The molecule has 9 heteroatoms. The van der Waals surface area contributed by atoms with Crippen molar-refractivity contribution in [3.05, 3.63) is 46.1 Å². The van der Waals surface area contributed by atoms with Gasteiger partial charge < -0.3 is 16.0 Å². The maximum absolute atomic E-state index is 14.7. The lowest BCUT2D eigenvalue weighted by Gasteiger charge is -2.27. The smallest absolute Gasteiger partial charge is 0.319 e. The zero-order chi connectivity index (χ0) is 23.7. The van der Waals surface area contributed by atoms with E-state index in [2.05, 4.69) is 32.8 Å². The second-order valence-electron chi connectivity index (χ2n) is 8.85. The molecular formula is C24H29FN6O2. The predicted molar refractivity (Wildman–Crippen MR) is 128 cm³/mol. The summed E-state index contributed by atoms with van der Waals surface area (Å²) in [5, 5.41) is 9.10. The fraction of sp³-hybridized carbons (Fsp3) is 0.417. The number of nitrogens with zero attached hydrogens (tertiary/aromatic N) is 3. The van der Waals surface area contributed by atoms with Crippen molar-refractivity contribution in [2.45, 2.75) is 45.6 Å². The van der Waals surface area contributed by atoms with Crippen molar-refractivity contribution in [2.24, 2.45) is 13.0 Å². The van der Waals surface area contributed by atoms with Gasteiger partial charge in [-0.15, -0.1) is 0 Å². The third kappa shape index (κ3) is 4.67. The Balaban J connectivity index is 1.66. The molecule has 174 valence electrons. The van der Waals surface area contributed by atoms with E-state index < -0.39 is 11.8 Å². The molecule has 3 aromatic rings. The molecule has 0 saturated heterocycles. The van der Waals surface area contributed by atoms with Crippen molar-refractivity contribution < 1.29 is 9.18 Å². The Bertz CT molecular complexity index is 1260. The van der Waals surface area contributed by atoms with Crippen LogP contribution >= 0.6 is 0 Å². The quantitative estimate of drug-likeness (QED) is 0.551. The van der Waals surface area contributed by atoms with Gasteiger partial charge >= 0.3 is 6.03 Å². The number of rotatable bonds is 4. The van der Waals surface area contributed by atoms with Gasteiger partial charge in [-0.25, -0.2) is 14.2 Å². The first-order valence-electron chi connectivity index (χ1n) is 11.2. The minimum Gasteiger partial charge on any atom is -0.357 e. The number of amides is 2. The number of nitrogens with one attached hydrogen (secondary N) is 3. The van der Waals surface area contributed by atoms with E-state index in [9.17, 15) is 14.0 Å². The van der Waals surface area contributed by atoms with Crippen LogP contribution in [0.3, 0.4) is 0 Å². The average Bonchev–Trinajstić information content (AvgIpc) is 2.79. The molecule has 4 rings (SSSR count). The van der Waals surface area contributed by atoms with Gasteiger partial charge in [0.15, 0.2) is 0 Å². The van der Waals surface area contributed by atoms with E-state index in [-0.39, 0.29) is 17.3 Å². The van der Waals surface area contributed by atoms with Gasteiger partial charge in [0.1, 0.15) is 11.5 Å². The minimum atomic E-state index is -0.553. The van der Waals surface area contributed by atoms with E-state index in [0.29, 0.717) is 39.6 Å². The van der Waals surface area contributed by atoms with Crippen LogP contribution in [0.1, 0.15) is 38.2 Å². The third-order valence-corrected chi connectivity index (χ3v) is 6.38. The highest BCUT2D eigenvalue weighted by Gasteiger charge is 2.21. The highest BCUT2D eigenvalue weighted by Crippen LogP contribution is 2.29. The highest BCUT2D eigenvalue weighted by atomic mass is 19.1. The number of aromatic nitrogens is 3. The molecule has 1 aliphatic rings. The number of pyridine rings is 1. The largest absolute Gasteiger partial charge is 0.357 e. The zero-order valence-corrected chi connectivity index (χ0v) is 19.3. The van der Waals surface area contributed by atoms with Gasteiger partial charge in [-0.2, -0.15) is 4.98 Å². The van der Waals surface area contributed by atoms with Crippen LogP contribution in [0, 0.1) is 18.7 Å². The van der Waals surface area contributed by atoms with E-state index >= 15 is 0 Å². The lowest BCUT2D eigenvalue weighted by Crippen LogP contribution is -2.40. The van der Waals surface area contributed by atoms with Crippen molar-refractivity contribution in [1.29, 1.82) is 0 Å². The molecule has 2 heterocycles. The maximum atomic E-state index is 14.7. The van der Waals surface area contributed by atoms with Crippen LogP contribution in [0.25, 0.3) is 22.2 Å². The number of hydrogen-bond acceptors (Lipinski definition) is 5. The van der Waals surface area contributed by atoms with Gasteiger partial charge in [0.25, 0.3) is 5.56 Å². The van der Waals surface area contributed by atoms with Crippen LogP contribution < -0.4 is 21.5 Å². The molecule has 0 aliphatic heterocycles. The minimum absolute atomic E-state index is 0.0289. The predicted octanol–water partition coefficient (Wildman–Crippen LogP) is 4.18. The van der Waals surface area contributed by atoms with E-state index in [1.165, 1.54) is 16.7 Å². The molecule has 1 saturated carbocycles. The Morgan fingerprint density at radius 1 is 1.15 bits per heavy atom. The highest BCUT2D eigenvalue weighted by molar-refractivity contribution is 5.91. The lowest BCUT2D eigenvalue weighted by atomic mass is 9.87. The molecule has 33 heavy (non-hydrogen) atoms. The number of anilines is 2. The van der Waals surface area contributed by atoms with Gasteiger partial charge in [-0.3, -0.25) is 9.36 Å². The summed E-state index contributed by atoms with van der Waals surface area (Å²) in [5.74, 6) is 0.527. The van der Waals surface area contributed by atoms with Gasteiger partial charge in [0.05, 0.1) is 5.69 Å². The Kier molecular flexibility index (Phi) is 6.31. The van der Waals surface area contributed by atoms with E-state index in [1.54, 1.807) is 33.3 Å². The molecule has 3 N–H and O–H groups in total. The Morgan fingerprint density at radius 3 is 2.58 bits per heavy atom. The Hall–Kier alpha value is -3.49. The fourth-order valence-electron chi connectivity index (χ4n) is 4.37.